The zero-order valence-corrected chi connectivity index (χ0v) is 13.2. The molecule has 1 aromatic heterocycles. The van der Waals surface area contributed by atoms with E-state index in [1.165, 1.54) is 24.3 Å². The number of aliphatic hydroxyl groups is 1. The quantitative estimate of drug-likeness (QED) is 0.542. The lowest BCUT2D eigenvalue weighted by atomic mass is 10.1. The van der Waals surface area contributed by atoms with Crippen molar-refractivity contribution in [1.82, 2.24) is 15.5 Å². The summed E-state index contributed by atoms with van der Waals surface area (Å²) in [7, 11) is 0. The van der Waals surface area contributed by atoms with Crippen LogP contribution in [0, 0.1) is 5.41 Å². The number of aliphatic hydroxyl groups excluding tert-OH is 1. The molecule has 148 valence electrons. The van der Waals surface area contributed by atoms with E-state index in [0.29, 0.717) is 5.56 Å². The maximum atomic E-state index is 12.3. The Balaban J connectivity index is 0.000000527. The van der Waals surface area contributed by atoms with Gasteiger partial charge < -0.3 is 20.4 Å². The van der Waals surface area contributed by atoms with Gasteiger partial charge in [0, 0.05) is 17.3 Å². The van der Waals surface area contributed by atoms with Crippen LogP contribution in [-0.4, -0.2) is 46.7 Å². The minimum Gasteiger partial charge on any atom is -0.387 e. The van der Waals surface area contributed by atoms with Crippen LogP contribution in [0.3, 0.4) is 0 Å². The Labute approximate surface area is 147 Å². The number of rotatable bonds is 4. The molecule has 7 nitrogen and oxygen atoms in total. The Morgan fingerprint density at radius 3 is 2.15 bits per heavy atom. The van der Waals surface area contributed by atoms with Crippen molar-refractivity contribution in [2.75, 3.05) is 13.2 Å². The van der Waals surface area contributed by atoms with Crippen LogP contribution >= 0.6 is 0 Å². The highest BCUT2D eigenvalue weighted by Gasteiger charge is 2.38. The molecule has 0 aliphatic rings. The SMILES string of the molecule is N=CCNC(=O)c1ccc(-c2noc(C(F)(F)F)n2)cc1.OCC(F)(F)F. The van der Waals surface area contributed by atoms with Crippen LogP contribution in [0.25, 0.3) is 11.4 Å². The molecule has 0 fully saturated rings. The molecule has 0 spiro atoms. The number of amides is 1. The molecule has 0 saturated carbocycles. The normalized spacial score (nSPS) is 11.4. The van der Waals surface area contributed by atoms with E-state index in [2.05, 4.69) is 20.0 Å². The van der Waals surface area contributed by atoms with Crippen molar-refractivity contribution in [1.29, 1.82) is 5.41 Å². The summed E-state index contributed by atoms with van der Waals surface area (Å²) in [5, 5.41) is 19.8. The Kier molecular flexibility index (Phi) is 7.45. The van der Waals surface area contributed by atoms with Crippen molar-refractivity contribution in [3.63, 3.8) is 0 Å². The number of hydrogen-bond acceptors (Lipinski definition) is 6. The summed E-state index contributed by atoms with van der Waals surface area (Å²) in [5.41, 5.74) is 0.595. The van der Waals surface area contributed by atoms with Gasteiger partial charge in [-0.25, -0.2) is 0 Å². The van der Waals surface area contributed by atoms with Gasteiger partial charge in [-0.05, 0) is 12.1 Å². The van der Waals surface area contributed by atoms with Crippen molar-refractivity contribution < 1.29 is 40.8 Å². The van der Waals surface area contributed by atoms with Gasteiger partial charge >= 0.3 is 18.2 Å². The summed E-state index contributed by atoms with van der Waals surface area (Å²) in [6, 6.07) is 5.64. The summed E-state index contributed by atoms with van der Waals surface area (Å²) < 4.78 is 72.7. The van der Waals surface area contributed by atoms with E-state index in [4.69, 9.17) is 10.5 Å². The van der Waals surface area contributed by atoms with Gasteiger partial charge in [-0.3, -0.25) is 4.79 Å². The largest absolute Gasteiger partial charge is 0.471 e. The van der Waals surface area contributed by atoms with E-state index < -0.39 is 30.8 Å². The van der Waals surface area contributed by atoms with E-state index in [-0.39, 0.29) is 17.9 Å². The second-order valence-corrected chi connectivity index (χ2v) is 4.69. The highest BCUT2D eigenvalue weighted by atomic mass is 19.4. The monoisotopic (exact) mass is 398 g/mol. The van der Waals surface area contributed by atoms with Gasteiger partial charge in [0.1, 0.15) is 6.61 Å². The molecule has 27 heavy (non-hydrogen) atoms. The molecule has 2 aromatic rings. The Hall–Kier alpha value is -2.96. The number of halogens is 6. The molecule has 0 aliphatic heterocycles. The predicted molar refractivity (Wildman–Crippen MR) is 79.0 cm³/mol. The van der Waals surface area contributed by atoms with Gasteiger partial charge in [0.25, 0.3) is 5.91 Å². The molecule has 1 heterocycles. The number of nitrogens with one attached hydrogen (secondary N) is 2. The number of carbonyl (C=O) groups excluding carboxylic acids is 1. The van der Waals surface area contributed by atoms with Crippen LogP contribution in [0.1, 0.15) is 16.2 Å². The molecule has 0 saturated heterocycles. The minimum atomic E-state index is -4.70. The van der Waals surface area contributed by atoms with E-state index in [0.717, 1.165) is 6.21 Å². The van der Waals surface area contributed by atoms with Gasteiger partial charge in [0.2, 0.25) is 5.82 Å². The number of nitrogens with zero attached hydrogens (tertiary/aromatic N) is 2. The Bertz CT molecular complexity index is 755. The van der Waals surface area contributed by atoms with Crippen molar-refractivity contribution in [3.05, 3.63) is 35.7 Å². The van der Waals surface area contributed by atoms with Crippen LogP contribution < -0.4 is 5.32 Å². The summed E-state index contributed by atoms with van der Waals surface area (Å²) >= 11 is 0. The van der Waals surface area contributed by atoms with Gasteiger partial charge in [-0.1, -0.05) is 17.3 Å². The summed E-state index contributed by atoms with van der Waals surface area (Å²) in [6.07, 6.45) is -8.07. The second kappa shape index (κ2) is 9.12. The van der Waals surface area contributed by atoms with E-state index >= 15 is 0 Å². The first kappa shape index (κ1) is 22.1. The number of aromatic nitrogens is 2. The average Bonchev–Trinajstić information content (AvgIpc) is 3.10. The zero-order chi connectivity index (χ0) is 20.7. The summed E-state index contributed by atoms with van der Waals surface area (Å²) in [4.78, 5) is 14.8. The van der Waals surface area contributed by atoms with Gasteiger partial charge in [0.15, 0.2) is 0 Å². The van der Waals surface area contributed by atoms with Crippen LogP contribution in [0.15, 0.2) is 28.8 Å². The molecule has 0 bridgehead atoms. The van der Waals surface area contributed by atoms with Crippen LogP contribution in [0.5, 0.6) is 0 Å². The molecule has 13 heteroatoms. The number of alkyl halides is 6. The highest BCUT2D eigenvalue weighted by molar-refractivity contribution is 5.95. The first-order valence-corrected chi connectivity index (χ1v) is 6.94. The topological polar surface area (TPSA) is 112 Å². The molecular weight excluding hydrogens is 386 g/mol. The molecule has 1 amide bonds. The van der Waals surface area contributed by atoms with E-state index in [9.17, 15) is 31.1 Å². The van der Waals surface area contributed by atoms with Crippen LogP contribution in [0.4, 0.5) is 26.3 Å². The van der Waals surface area contributed by atoms with Crippen molar-refractivity contribution >= 4 is 12.1 Å². The minimum absolute atomic E-state index is 0.0976. The standard InChI is InChI=1S/C12H9F3N4O2.C2H3F3O/c13-12(14,15)11-18-9(19-21-11)7-1-3-8(4-2-7)10(20)17-6-5-16;3-2(4,5)1-6/h1-5,16H,6H2,(H,17,20);6H,1H2. The average molecular weight is 398 g/mol. The smallest absolute Gasteiger partial charge is 0.387 e. The van der Waals surface area contributed by atoms with Gasteiger partial charge in [0.05, 0.1) is 6.54 Å². The van der Waals surface area contributed by atoms with E-state index in [1.54, 1.807) is 0 Å². The number of hydrogen-bond donors (Lipinski definition) is 3. The molecular formula is C14H12F6N4O3. The maximum absolute atomic E-state index is 12.3. The second-order valence-electron chi connectivity index (χ2n) is 4.69. The summed E-state index contributed by atoms with van der Waals surface area (Å²) in [6.45, 7) is -1.63. The lowest BCUT2D eigenvalue weighted by molar-refractivity contribution is -0.160. The molecule has 0 atom stereocenters. The third kappa shape index (κ3) is 7.43. The fourth-order valence-electron chi connectivity index (χ4n) is 1.47. The third-order valence-corrected chi connectivity index (χ3v) is 2.62. The van der Waals surface area contributed by atoms with Crippen LogP contribution in [0.2, 0.25) is 0 Å². The predicted octanol–water partition coefficient (Wildman–Crippen LogP) is 2.68. The maximum Gasteiger partial charge on any atom is 0.471 e. The molecule has 0 aliphatic carbocycles. The van der Waals surface area contributed by atoms with Gasteiger partial charge in [-0.15, -0.1) is 0 Å². The molecule has 2 rings (SSSR count). The first-order valence-electron chi connectivity index (χ1n) is 6.94. The Morgan fingerprint density at radius 2 is 1.74 bits per heavy atom. The highest BCUT2D eigenvalue weighted by Crippen LogP contribution is 2.29. The van der Waals surface area contributed by atoms with Crippen molar-refractivity contribution in [2.45, 2.75) is 12.4 Å². The van der Waals surface area contributed by atoms with Crippen molar-refractivity contribution in [3.8, 4) is 11.4 Å². The summed E-state index contributed by atoms with van der Waals surface area (Å²) in [5.74, 6) is -2.03. The lowest BCUT2D eigenvalue weighted by Crippen LogP contribution is -2.24. The van der Waals surface area contributed by atoms with Crippen LogP contribution in [-0.2, 0) is 6.18 Å². The number of benzene rings is 1. The van der Waals surface area contributed by atoms with Crippen molar-refractivity contribution in [2.24, 2.45) is 0 Å². The molecule has 1 aromatic carbocycles. The molecule has 3 N–H and O–H groups in total. The fraction of sp³-hybridized carbons (Fsp3) is 0.286. The fourth-order valence-corrected chi connectivity index (χ4v) is 1.47. The Morgan fingerprint density at radius 1 is 1.19 bits per heavy atom. The number of carbonyl (C=O) groups is 1. The third-order valence-electron chi connectivity index (χ3n) is 2.62. The zero-order valence-electron chi connectivity index (χ0n) is 13.2. The molecule has 0 unspecified atom stereocenters. The van der Waals surface area contributed by atoms with E-state index in [1.807, 2.05) is 0 Å². The van der Waals surface area contributed by atoms with Gasteiger partial charge in [-0.2, -0.15) is 31.3 Å². The lowest BCUT2D eigenvalue weighted by Gasteiger charge is -2.02. The first-order chi connectivity index (χ1) is 12.5. The molecule has 0 radical (unpaired) electrons.